The molecule has 0 bridgehead atoms. The van der Waals surface area contributed by atoms with E-state index in [1.54, 1.807) is 20.8 Å². The van der Waals surface area contributed by atoms with Gasteiger partial charge in [0.2, 0.25) is 11.8 Å². The van der Waals surface area contributed by atoms with Crippen LogP contribution in [0.2, 0.25) is 0 Å². The van der Waals surface area contributed by atoms with Crippen LogP contribution in [0.4, 0.5) is 0 Å². The van der Waals surface area contributed by atoms with Gasteiger partial charge in [-0.05, 0) is 61.4 Å². The zero-order valence-electron chi connectivity index (χ0n) is 24.1. The van der Waals surface area contributed by atoms with E-state index in [-0.39, 0.29) is 24.7 Å². The summed E-state index contributed by atoms with van der Waals surface area (Å²) in [6.07, 6.45) is 0.650. The lowest BCUT2D eigenvalue weighted by molar-refractivity contribution is -0.132. The standard InChI is InChI=1S/C32H42N2O5S/c1-22(2)29(31(37)33-27(20-35)18-23-12-7-6-8-13-23)34-30(36)26(21-40(38,39)32(3,4)5)19-25-16-11-15-24-14-9-10-17-28(24)25/h6-17,22,26-27,29,35H,18-21H2,1-5H3,(H,33,37)(H,34,36). The van der Waals surface area contributed by atoms with E-state index in [9.17, 15) is 23.1 Å². The van der Waals surface area contributed by atoms with E-state index in [0.717, 1.165) is 21.9 Å². The molecule has 0 radical (unpaired) electrons. The zero-order valence-corrected chi connectivity index (χ0v) is 24.9. The van der Waals surface area contributed by atoms with Gasteiger partial charge in [-0.15, -0.1) is 0 Å². The monoisotopic (exact) mass is 566 g/mol. The summed E-state index contributed by atoms with van der Waals surface area (Å²) in [6, 6.07) is 21.7. The molecule has 0 saturated carbocycles. The van der Waals surface area contributed by atoms with Crippen LogP contribution >= 0.6 is 0 Å². The third kappa shape index (κ3) is 8.15. The van der Waals surface area contributed by atoms with E-state index in [1.165, 1.54) is 0 Å². The predicted molar refractivity (Wildman–Crippen MR) is 161 cm³/mol. The number of rotatable bonds is 12. The third-order valence-electron chi connectivity index (χ3n) is 7.21. The van der Waals surface area contributed by atoms with Crippen molar-refractivity contribution in [3.05, 3.63) is 83.9 Å². The molecule has 0 aliphatic rings. The number of carbonyl (C=O) groups excluding carboxylic acids is 2. The van der Waals surface area contributed by atoms with Crippen LogP contribution in [0.1, 0.15) is 45.7 Å². The maximum Gasteiger partial charge on any atom is 0.243 e. The molecule has 8 heteroatoms. The molecule has 3 rings (SSSR count). The molecule has 0 spiro atoms. The van der Waals surface area contributed by atoms with Gasteiger partial charge < -0.3 is 15.7 Å². The van der Waals surface area contributed by atoms with Gasteiger partial charge in [0.25, 0.3) is 0 Å². The van der Waals surface area contributed by atoms with Gasteiger partial charge >= 0.3 is 0 Å². The summed E-state index contributed by atoms with van der Waals surface area (Å²) in [5, 5.41) is 17.6. The van der Waals surface area contributed by atoms with Gasteiger partial charge in [0.15, 0.2) is 9.84 Å². The second-order valence-corrected chi connectivity index (χ2v) is 14.5. The molecule has 0 aliphatic heterocycles. The van der Waals surface area contributed by atoms with Gasteiger partial charge in [0, 0.05) is 0 Å². The number of sulfone groups is 1. The van der Waals surface area contributed by atoms with E-state index >= 15 is 0 Å². The Balaban J connectivity index is 1.85. The molecular formula is C32H42N2O5S. The van der Waals surface area contributed by atoms with Gasteiger partial charge in [0.05, 0.1) is 29.1 Å². The molecule has 3 aromatic carbocycles. The molecule has 3 unspecified atom stereocenters. The minimum Gasteiger partial charge on any atom is -0.394 e. The van der Waals surface area contributed by atoms with Crippen LogP contribution in [-0.2, 0) is 32.3 Å². The summed E-state index contributed by atoms with van der Waals surface area (Å²) in [6.45, 7) is 8.26. The SMILES string of the molecule is CC(C)C(NC(=O)C(Cc1cccc2ccccc12)CS(=O)(=O)C(C)(C)C)C(=O)NC(CO)Cc1ccccc1. The Morgan fingerprint density at radius 2 is 1.45 bits per heavy atom. The van der Waals surface area contributed by atoms with Gasteiger partial charge in [-0.2, -0.15) is 0 Å². The molecule has 3 atom stereocenters. The number of fused-ring (bicyclic) bond motifs is 1. The molecule has 40 heavy (non-hydrogen) atoms. The maximum absolute atomic E-state index is 13.7. The molecule has 0 fully saturated rings. The van der Waals surface area contributed by atoms with Crippen LogP contribution in [0.15, 0.2) is 72.8 Å². The lowest BCUT2D eigenvalue weighted by Crippen LogP contribution is -2.55. The number of carbonyl (C=O) groups is 2. The van der Waals surface area contributed by atoms with Gasteiger partial charge in [-0.25, -0.2) is 8.42 Å². The lowest BCUT2D eigenvalue weighted by Gasteiger charge is -2.28. The second-order valence-electron chi connectivity index (χ2n) is 11.7. The van der Waals surface area contributed by atoms with Crippen LogP contribution in [0, 0.1) is 11.8 Å². The molecule has 0 aromatic heterocycles. The molecule has 3 aromatic rings. The molecule has 2 amide bonds. The summed E-state index contributed by atoms with van der Waals surface area (Å²) in [7, 11) is -3.64. The highest BCUT2D eigenvalue weighted by molar-refractivity contribution is 7.92. The topological polar surface area (TPSA) is 113 Å². The van der Waals surface area contributed by atoms with Crippen LogP contribution in [0.25, 0.3) is 10.8 Å². The summed E-state index contributed by atoms with van der Waals surface area (Å²) >= 11 is 0. The molecule has 0 aliphatic carbocycles. The van der Waals surface area contributed by atoms with Gasteiger partial charge in [-0.1, -0.05) is 86.6 Å². The van der Waals surface area contributed by atoms with Crippen molar-refractivity contribution < 1.29 is 23.1 Å². The smallest absolute Gasteiger partial charge is 0.243 e. The zero-order chi connectivity index (χ0) is 29.5. The Kier molecular flexibility index (Phi) is 10.5. The Morgan fingerprint density at radius 3 is 2.08 bits per heavy atom. The first-order valence-corrected chi connectivity index (χ1v) is 15.4. The van der Waals surface area contributed by atoms with Crippen molar-refractivity contribution in [2.75, 3.05) is 12.4 Å². The highest BCUT2D eigenvalue weighted by Crippen LogP contribution is 2.25. The Bertz CT molecular complexity index is 1390. The van der Waals surface area contributed by atoms with E-state index < -0.39 is 44.4 Å². The quantitative estimate of drug-likeness (QED) is 0.306. The van der Waals surface area contributed by atoms with Crippen molar-refractivity contribution >= 4 is 32.4 Å². The number of hydrogen-bond acceptors (Lipinski definition) is 5. The number of nitrogens with one attached hydrogen (secondary N) is 2. The van der Waals surface area contributed by atoms with Crippen molar-refractivity contribution in [2.45, 2.75) is 64.3 Å². The van der Waals surface area contributed by atoms with Gasteiger partial charge in [0.1, 0.15) is 6.04 Å². The van der Waals surface area contributed by atoms with E-state index in [0.29, 0.717) is 6.42 Å². The molecule has 3 N–H and O–H groups in total. The fraction of sp³-hybridized carbons (Fsp3) is 0.438. The minimum absolute atomic E-state index is 0.211. The van der Waals surface area contributed by atoms with E-state index in [4.69, 9.17) is 0 Å². The maximum atomic E-state index is 13.7. The Hall–Kier alpha value is -3.23. The number of hydrogen-bond donors (Lipinski definition) is 3. The van der Waals surface area contributed by atoms with Gasteiger partial charge in [-0.3, -0.25) is 9.59 Å². The predicted octanol–water partition coefficient (Wildman–Crippen LogP) is 4.07. The average Bonchev–Trinajstić information content (AvgIpc) is 2.90. The van der Waals surface area contributed by atoms with Crippen molar-refractivity contribution in [1.29, 1.82) is 0 Å². The Labute approximate surface area is 238 Å². The summed E-state index contributed by atoms with van der Waals surface area (Å²) in [5.41, 5.74) is 1.84. The molecule has 0 heterocycles. The molecule has 7 nitrogen and oxygen atoms in total. The first-order valence-electron chi connectivity index (χ1n) is 13.8. The first kappa shape index (κ1) is 31.3. The normalized spacial score (nSPS) is 14.5. The third-order valence-corrected chi connectivity index (χ3v) is 9.92. The van der Waals surface area contributed by atoms with Crippen molar-refractivity contribution in [3.8, 4) is 0 Å². The molecule has 0 saturated heterocycles. The highest BCUT2D eigenvalue weighted by atomic mass is 32.2. The van der Waals surface area contributed by atoms with Crippen molar-refractivity contribution in [2.24, 2.45) is 11.8 Å². The van der Waals surface area contributed by atoms with Crippen LogP contribution < -0.4 is 10.6 Å². The fourth-order valence-corrected chi connectivity index (χ4v) is 5.93. The summed E-state index contributed by atoms with van der Waals surface area (Å²) in [5.74, 6) is -2.41. The summed E-state index contributed by atoms with van der Waals surface area (Å²) < 4.78 is 25.5. The summed E-state index contributed by atoms with van der Waals surface area (Å²) in [4.78, 5) is 27.1. The van der Waals surface area contributed by atoms with Crippen LogP contribution in [0.3, 0.4) is 0 Å². The lowest BCUT2D eigenvalue weighted by atomic mass is 9.94. The average molecular weight is 567 g/mol. The highest BCUT2D eigenvalue weighted by Gasteiger charge is 2.36. The number of amides is 2. The van der Waals surface area contributed by atoms with Crippen molar-refractivity contribution in [1.82, 2.24) is 10.6 Å². The van der Waals surface area contributed by atoms with Crippen LogP contribution in [-0.4, -0.2) is 54.5 Å². The van der Waals surface area contributed by atoms with E-state index in [2.05, 4.69) is 10.6 Å². The Morgan fingerprint density at radius 1 is 0.825 bits per heavy atom. The van der Waals surface area contributed by atoms with E-state index in [1.807, 2.05) is 86.6 Å². The number of benzene rings is 3. The fourth-order valence-electron chi connectivity index (χ4n) is 4.63. The number of aliphatic hydroxyl groups excluding tert-OH is 1. The second kappa shape index (κ2) is 13.4. The number of aliphatic hydroxyl groups is 1. The molecule has 216 valence electrons. The first-order chi connectivity index (χ1) is 18.8. The van der Waals surface area contributed by atoms with Crippen LogP contribution in [0.5, 0.6) is 0 Å². The minimum atomic E-state index is -3.64. The largest absolute Gasteiger partial charge is 0.394 e. The van der Waals surface area contributed by atoms with Crippen molar-refractivity contribution in [3.63, 3.8) is 0 Å². The molecular weight excluding hydrogens is 524 g/mol.